The van der Waals surface area contributed by atoms with Crippen molar-refractivity contribution in [1.82, 2.24) is 9.80 Å². The summed E-state index contributed by atoms with van der Waals surface area (Å²) in [4.78, 5) is 27.6. The van der Waals surface area contributed by atoms with E-state index < -0.39 is 11.8 Å². The molecular weight excluding hydrogens is 323 g/mol. The van der Waals surface area contributed by atoms with E-state index in [1.165, 1.54) is 15.9 Å². The maximum absolute atomic E-state index is 13.8. The lowest BCUT2D eigenvalue weighted by Crippen LogP contribution is -2.53. The van der Waals surface area contributed by atoms with E-state index in [1.807, 2.05) is 24.3 Å². The van der Waals surface area contributed by atoms with Gasteiger partial charge in [-0.25, -0.2) is 4.39 Å². The van der Waals surface area contributed by atoms with Gasteiger partial charge in [0.1, 0.15) is 11.6 Å². The molecule has 0 unspecified atom stereocenters. The van der Waals surface area contributed by atoms with E-state index in [0.717, 1.165) is 11.3 Å². The summed E-state index contributed by atoms with van der Waals surface area (Å²) < 4.78 is 18.9. The molecule has 25 heavy (non-hydrogen) atoms. The van der Waals surface area contributed by atoms with E-state index in [2.05, 4.69) is 0 Å². The minimum Gasteiger partial charge on any atom is -0.497 e. The third kappa shape index (κ3) is 3.79. The Morgan fingerprint density at radius 1 is 0.920 bits per heavy atom. The second-order valence-electron chi connectivity index (χ2n) is 5.89. The predicted molar refractivity (Wildman–Crippen MR) is 90.2 cm³/mol. The molecule has 130 valence electrons. The molecule has 1 aliphatic rings. The van der Waals surface area contributed by atoms with Crippen LogP contribution in [-0.2, 0) is 22.7 Å². The van der Waals surface area contributed by atoms with Gasteiger partial charge in [-0.15, -0.1) is 0 Å². The summed E-state index contributed by atoms with van der Waals surface area (Å²) in [5, 5.41) is 0. The highest BCUT2D eigenvalue weighted by Crippen LogP contribution is 2.17. The number of carbonyl (C=O) groups is 2. The number of carbonyl (C=O) groups excluding carboxylic acids is 2. The predicted octanol–water partition coefficient (Wildman–Crippen LogP) is 2.21. The first-order chi connectivity index (χ1) is 12.1. The van der Waals surface area contributed by atoms with Crippen LogP contribution in [0.4, 0.5) is 4.39 Å². The molecule has 0 aliphatic carbocycles. The molecule has 2 amide bonds. The Bertz CT molecular complexity index is 776. The lowest BCUT2D eigenvalue weighted by atomic mass is 10.1. The molecule has 0 spiro atoms. The molecule has 0 atom stereocenters. The summed E-state index contributed by atoms with van der Waals surface area (Å²) in [6, 6.07) is 13.6. The van der Waals surface area contributed by atoms with Crippen molar-refractivity contribution in [2.24, 2.45) is 0 Å². The Labute approximate surface area is 145 Å². The number of methoxy groups -OCH3 is 1. The van der Waals surface area contributed by atoms with Crippen molar-refractivity contribution in [2.45, 2.75) is 13.1 Å². The second-order valence-corrected chi connectivity index (χ2v) is 5.89. The normalized spacial score (nSPS) is 14.8. The molecule has 2 aromatic rings. The summed E-state index contributed by atoms with van der Waals surface area (Å²) in [5.41, 5.74) is 1.33. The van der Waals surface area contributed by atoms with Crippen LogP contribution in [0.5, 0.6) is 5.75 Å². The van der Waals surface area contributed by atoms with Crippen molar-refractivity contribution in [1.29, 1.82) is 0 Å². The monoisotopic (exact) mass is 342 g/mol. The average Bonchev–Trinajstić information content (AvgIpc) is 2.63. The Hall–Kier alpha value is -2.89. The molecule has 0 saturated carbocycles. The van der Waals surface area contributed by atoms with Crippen molar-refractivity contribution in [3.63, 3.8) is 0 Å². The molecule has 1 aliphatic heterocycles. The van der Waals surface area contributed by atoms with Gasteiger partial charge in [-0.1, -0.05) is 30.3 Å². The fourth-order valence-electron chi connectivity index (χ4n) is 2.80. The van der Waals surface area contributed by atoms with Gasteiger partial charge in [0.05, 0.1) is 7.11 Å². The van der Waals surface area contributed by atoms with E-state index in [9.17, 15) is 14.0 Å². The molecule has 0 radical (unpaired) electrons. The molecule has 6 heteroatoms. The van der Waals surface area contributed by atoms with Crippen molar-refractivity contribution in [3.05, 3.63) is 65.5 Å². The molecule has 3 rings (SSSR count). The zero-order chi connectivity index (χ0) is 17.8. The molecule has 5 nitrogen and oxygen atoms in total. The number of halogens is 1. The SMILES string of the molecule is COc1ccc(CN2CCN(Cc3ccccc3F)C(=O)C2=O)cc1. The quantitative estimate of drug-likeness (QED) is 0.783. The van der Waals surface area contributed by atoms with Crippen LogP contribution >= 0.6 is 0 Å². The third-order valence-electron chi connectivity index (χ3n) is 4.25. The maximum Gasteiger partial charge on any atom is 0.312 e. The molecule has 2 aromatic carbocycles. The number of piperazine rings is 1. The number of rotatable bonds is 5. The molecule has 1 saturated heterocycles. The molecule has 1 heterocycles. The molecule has 0 N–H and O–H groups in total. The minimum atomic E-state index is -0.594. The number of ether oxygens (including phenoxy) is 1. The van der Waals surface area contributed by atoms with Crippen LogP contribution in [0.3, 0.4) is 0 Å². The fourth-order valence-corrected chi connectivity index (χ4v) is 2.80. The average molecular weight is 342 g/mol. The van der Waals surface area contributed by atoms with Gasteiger partial charge in [0.25, 0.3) is 0 Å². The van der Waals surface area contributed by atoms with Crippen molar-refractivity contribution in [3.8, 4) is 5.75 Å². The highest BCUT2D eigenvalue weighted by Gasteiger charge is 2.32. The smallest absolute Gasteiger partial charge is 0.312 e. The van der Waals surface area contributed by atoms with Gasteiger partial charge in [0, 0.05) is 31.7 Å². The number of hydrogen-bond donors (Lipinski definition) is 0. The summed E-state index contributed by atoms with van der Waals surface area (Å²) in [7, 11) is 1.59. The summed E-state index contributed by atoms with van der Waals surface area (Å²) in [5.74, 6) is -0.786. The maximum atomic E-state index is 13.8. The Kier molecular flexibility index (Phi) is 4.97. The summed E-state index contributed by atoms with van der Waals surface area (Å²) in [6.45, 7) is 1.27. The minimum absolute atomic E-state index is 0.105. The van der Waals surface area contributed by atoms with Gasteiger partial charge in [-0.3, -0.25) is 9.59 Å². The number of nitrogens with zero attached hydrogens (tertiary/aromatic N) is 2. The zero-order valence-corrected chi connectivity index (χ0v) is 13.9. The van der Waals surface area contributed by atoms with Gasteiger partial charge < -0.3 is 14.5 Å². The third-order valence-corrected chi connectivity index (χ3v) is 4.25. The number of amides is 2. The van der Waals surface area contributed by atoms with Crippen LogP contribution in [-0.4, -0.2) is 41.8 Å². The summed E-state index contributed by atoms with van der Waals surface area (Å²) >= 11 is 0. The Morgan fingerprint density at radius 3 is 2.12 bits per heavy atom. The first kappa shape index (κ1) is 17.0. The van der Waals surface area contributed by atoms with E-state index in [1.54, 1.807) is 25.3 Å². The first-order valence-corrected chi connectivity index (χ1v) is 8.03. The van der Waals surface area contributed by atoms with E-state index >= 15 is 0 Å². The lowest BCUT2D eigenvalue weighted by molar-refractivity contribution is -0.156. The molecular formula is C19H19FN2O3. The largest absolute Gasteiger partial charge is 0.497 e. The Morgan fingerprint density at radius 2 is 1.52 bits per heavy atom. The van der Waals surface area contributed by atoms with Crippen LogP contribution in [0, 0.1) is 5.82 Å². The van der Waals surface area contributed by atoms with E-state index in [4.69, 9.17) is 4.74 Å². The zero-order valence-electron chi connectivity index (χ0n) is 13.9. The van der Waals surface area contributed by atoms with Crippen molar-refractivity contribution < 1.29 is 18.7 Å². The number of benzene rings is 2. The van der Waals surface area contributed by atoms with Gasteiger partial charge >= 0.3 is 11.8 Å². The number of hydrogen-bond acceptors (Lipinski definition) is 3. The molecule has 0 bridgehead atoms. The van der Waals surface area contributed by atoms with E-state index in [-0.39, 0.29) is 12.4 Å². The van der Waals surface area contributed by atoms with Gasteiger partial charge in [0.15, 0.2) is 0 Å². The van der Waals surface area contributed by atoms with Crippen LogP contribution < -0.4 is 4.74 Å². The van der Waals surface area contributed by atoms with E-state index in [0.29, 0.717) is 25.2 Å². The van der Waals surface area contributed by atoms with Crippen LogP contribution in [0.1, 0.15) is 11.1 Å². The van der Waals surface area contributed by atoms with Gasteiger partial charge in [-0.05, 0) is 23.8 Å². The van der Waals surface area contributed by atoms with Crippen molar-refractivity contribution in [2.75, 3.05) is 20.2 Å². The molecule has 1 fully saturated rings. The van der Waals surface area contributed by atoms with Crippen molar-refractivity contribution >= 4 is 11.8 Å². The lowest BCUT2D eigenvalue weighted by Gasteiger charge is -2.34. The van der Waals surface area contributed by atoms with Crippen LogP contribution in [0.2, 0.25) is 0 Å². The summed E-state index contributed by atoms with van der Waals surface area (Å²) in [6.07, 6.45) is 0. The fraction of sp³-hybridized carbons (Fsp3) is 0.263. The Balaban J connectivity index is 1.64. The van der Waals surface area contributed by atoms with Gasteiger partial charge in [-0.2, -0.15) is 0 Å². The highest BCUT2D eigenvalue weighted by molar-refractivity contribution is 6.35. The van der Waals surface area contributed by atoms with Gasteiger partial charge in [0.2, 0.25) is 0 Å². The highest BCUT2D eigenvalue weighted by atomic mass is 19.1. The standard InChI is InChI=1S/C19H19FN2O3/c1-25-16-8-6-14(7-9-16)12-21-10-11-22(19(24)18(21)23)13-15-4-2-3-5-17(15)20/h2-9H,10-13H2,1H3. The topological polar surface area (TPSA) is 49.9 Å². The second kappa shape index (κ2) is 7.34. The van der Waals surface area contributed by atoms with Crippen LogP contribution in [0.15, 0.2) is 48.5 Å². The van der Waals surface area contributed by atoms with Crippen LogP contribution in [0.25, 0.3) is 0 Å². The molecule has 0 aromatic heterocycles. The first-order valence-electron chi connectivity index (χ1n) is 8.03.